The number of anilines is 2. The summed E-state index contributed by atoms with van der Waals surface area (Å²) in [6.07, 6.45) is 0.766. The average Bonchev–Trinajstić information content (AvgIpc) is 3.11. The lowest BCUT2D eigenvalue weighted by Crippen LogP contribution is -2.14. The Balaban J connectivity index is 1.53. The average molecular weight is 397 g/mol. The normalized spacial score (nSPS) is 10.5. The van der Waals surface area contributed by atoms with Gasteiger partial charge in [0, 0.05) is 23.1 Å². The molecule has 0 atom stereocenters. The van der Waals surface area contributed by atoms with E-state index in [1.165, 1.54) is 35.6 Å². The summed E-state index contributed by atoms with van der Waals surface area (Å²) in [7, 11) is 0. The molecular weight excluding hydrogens is 377 g/mol. The molecular formula is C21H20FN3O2S. The van der Waals surface area contributed by atoms with E-state index >= 15 is 0 Å². The summed E-state index contributed by atoms with van der Waals surface area (Å²) in [6, 6.07) is 11.1. The van der Waals surface area contributed by atoms with Gasteiger partial charge in [0.15, 0.2) is 5.13 Å². The minimum atomic E-state index is -0.396. The molecule has 0 saturated carbocycles. The van der Waals surface area contributed by atoms with Crippen molar-refractivity contribution >= 4 is 34.0 Å². The van der Waals surface area contributed by atoms with E-state index in [1.807, 2.05) is 37.4 Å². The molecule has 0 bridgehead atoms. The number of thiazole rings is 1. The molecule has 0 unspecified atom stereocenters. The first-order valence-electron chi connectivity index (χ1n) is 8.80. The van der Waals surface area contributed by atoms with Crippen LogP contribution in [0.4, 0.5) is 15.2 Å². The van der Waals surface area contributed by atoms with Gasteiger partial charge < -0.3 is 5.32 Å². The summed E-state index contributed by atoms with van der Waals surface area (Å²) in [6.45, 7) is 3.98. The lowest BCUT2D eigenvalue weighted by molar-refractivity contribution is -0.116. The smallest absolute Gasteiger partial charge is 0.257 e. The van der Waals surface area contributed by atoms with Gasteiger partial charge in [-0.3, -0.25) is 14.9 Å². The van der Waals surface area contributed by atoms with Crippen molar-refractivity contribution in [1.29, 1.82) is 0 Å². The Bertz CT molecular complexity index is 999. The Morgan fingerprint density at radius 2 is 1.82 bits per heavy atom. The van der Waals surface area contributed by atoms with Crippen molar-refractivity contribution in [2.75, 3.05) is 10.6 Å². The number of amides is 2. The highest BCUT2D eigenvalue weighted by Gasteiger charge is 2.11. The molecule has 0 fully saturated rings. The Kier molecular flexibility index (Phi) is 6.16. The minimum absolute atomic E-state index is 0.0846. The molecule has 0 saturated heterocycles. The van der Waals surface area contributed by atoms with Gasteiger partial charge in [-0.2, -0.15) is 0 Å². The van der Waals surface area contributed by atoms with Crippen LogP contribution in [-0.2, 0) is 11.2 Å². The highest BCUT2D eigenvalue weighted by molar-refractivity contribution is 7.14. The fraction of sp³-hybridized carbons (Fsp3) is 0.190. The van der Waals surface area contributed by atoms with Crippen molar-refractivity contribution in [3.8, 4) is 0 Å². The lowest BCUT2D eigenvalue weighted by atomic mass is 10.1. The molecule has 0 aliphatic carbocycles. The van der Waals surface area contributed by atoms with Gasteiger partial charge in [0.25, 0.3) is 5.91 Å². The zero-order valence-corrected chi connectivity index (χ0v) is 16.4. The number of aryl methyl sites for hydroxylation is 2. The number of carbonyl (C=O) groups excluding carboxylic acids is 2. The summed E-state index contributed by atoms with van der Waals surface area (Å²) < 4.78 is 12.9. The van der Waals surface area contributed by atoms with Gasteiger partial charge in [-0.25, -0.2) is 9.37 Å². The van der Waals surface area contributed by atoms with Crippen LogP contribution in [-0.4, -0.2) is 16.8 Å². The van der Waals surface area contributed by atoms with E-state index in [1.54, 1.807) is 0 Å². The molecule has 3 rings (SSSR count). The summed E-state index contributed by atoms with van der Waals surface area (Å²) in [5, 5.41) is 7.86. The van der Waals surface area contributed by atoms with E-state index in [2.05, 4.69) is 15.6 Å². The molecule has 28 heavy (non-hydrogen) atoms. The van der Waals surface area contributed by atoms with Gasteiger partial charge in [0.2, 0.25) is 5.91 Å². The number of hydrogen-bond donors (Lipinski definition) is 2. The first-order chi connectivity index (χ1) is 13.4. The predicted molar refractivity (Wildman–Crippen MR) is 109 cm³/mol. The summed E-state index contributed by atoms with van der Waals surface area (Å²) in [5.74, 6) is -0.834. The van der Waals surface area contributed by atoms with Crippen LogP contribution < -0.4 is 10.6 Å². The Hall–Kier alpha value is -3.06. The van der Waals surface area contributed by atoms with Crippen molar-refractivity contribution in [1.82, 2.24) is 4.98 Å². The van der Waals surface area contributed by atoms with Crippen LogP contribution in [0.5, 0.6) is 0 Å². The molecule has 0 aliphatic heterocycles. The zero-order valence-electron chi connectivity index (χ0n) is 15.6. The van der Waals surface area contributed by atoms with E-state index in [4.69, 9.17) is 0 Å². The molecule has 2 aromatic carbocycles. The molecule has 7 heteroatoms. The van der Waals surface area contributed by atoms with Crippen molar-refractivity contribution in [2.24, 2.45) is 0 Å². The lowest BCUT2D eigenvalue weighted by Gasteiger charge is -2.09. The van der Waals surface area contributed by atoms with Crippen LogP contribution in [0.15, 0.2) is 47.8 Å². The van der Waals surface area contributed by atoms with Gasteiger partial charge >= 0.3 is 0 Å². The highest BCUT2D eigenvalue weighted by Crippen LogP contribution is 2.20. The van der Waals surface area contributed by atoms with Crippen LogP contribution in [0.25, 0.3) is 0 Å². The number of hydrogen-bond acceptors (Lipinski definition) is 4. The van der Waals surface area contributed by atoms with Crippen molar-refractivity contribution in [3.63, 3.8) is 0 Å². The van der Waals surface area contributed by atoms with Gasteiger partial charge in [0.05, 0.1) is 5.69 Å². The molecule has 1 aromatic heterocycles. The maximum Gasteiger partial charge on any atom is 0.257 e. The van der Waals surface area contributed by atoms with Gasteiger partial charge in [0.1, 0.15) is 5.82 Å². The van der Waals surface area contributed by atoms with Gasteiger partial charge in [-0.1, -0.05) is 12.1 Å². The molecule has 0 radical (unpaired) electrons. The van der Waals surface area contributed by atoms with Gasteiger partial charge in [-0.15, -0.1) is 11.3 Å². The number of nitrogens with one attached hydrogen (secondary N) is 2. The van der Waals surface area contributed by atoms with Crippen molar-refractivity contribution < 1.29 is 14.0 Å². The maximum atomic E-state index is 12.9. The molecule has 1 heterocycles. The topological polar surface area (TPSA) is 71.1 Å². The zero-order chi connectivity index (χ0) is 20.1. The van der Waals surface area contributed by atoms with Crippen LogP contribution in [0.3, 0.4) is 0 Å². The van der Waals surface area contributed by atoms with Crippen LogP contribution in [0.2, 0.25) is 0 Å². The van der Waals surface area contributed by atoms with Crippen molar-refractivity contribution in [3.05, 3.63) is 76.0 Å². The van der Waals surface area contributed by atoms with E-state index in [-0.39, 0.29) is 11.8 Å². The molecule has 144 valence electrons. The van der Waals surface area contributed by atoms with Crippen LogP contribution >= 0.6 is 11.3 Å². The van der Waals surface area contributed by atoms with E-state index in [9.17, 15) is 14.0 Å². The summed E-state index contributed by atoms with van der Waals surface area (Å²) >= 11 is 1.29. The summed E-state index contributed by atoms with van der Waals surface area (Å²) in [4.78, 5) is 28.7. The molecule has 2 amide bonds. The number of aromatic nitrogens is 1. The first kappa shape index (κ1) is 19.7. The van der Waals surface area contributed by atoms with E-state index in [0.717, 1.165) is 22.5 Å². The fourth-order valence-electron chi connectivity index (χ4n) is 2.59. The SMILES string of the molecule is Cc1cccc(NC(=O)CCc2csc(NC(=O)c3ccc(F)cc3)n2)c1C. The fourth-order valence-corrected chi connectivity index (χ4v) is 3.33. The summed E-state index contributed by atoms with van der Waals surface area (Å²) in [5.41, 5.74) is 4.08. The van der Waals surface area contributed by atoms with Crippen molar-refractivity contribution in [2.45, 2.75) is 26.7 Å². The molecule has 3 aromatic rings. The standard InChI is InChI=1S/C21H20FN3O2S/c1-13-4-3-5-18(14(13)2)24-19(26)11-10-17-12-28-21(23-17)25-20(27)15-6-8-16(22)9-7-15/h3-9,12H,10-11H2,1-2H3,(H,24,26)(H,23,25,27). The van der Waals surface area contributed by atoms with E-state index < -0.39 is 5.82 Å². The molecule has 2 N–H and O–H groups in total. The quantitative estimate of drug-likeness (QED) is 0.632. The second kappa shape index (κ2) is 8.75. The molecule has 5 nitrogen and oxygen atoms in total. The molecule has 0 aliphatic rings. The first-order valence-corrected chi connectivity index (χ1v) is 9.68. The molecule has 0 spiro atoms. The third kappa shape index (κ3) is 5.01. The second-order valence-electron chi connectivity index (χ2n) is 6.40. The largest absolute Gasteiger partial charge is 0.326 e. The maximum absolute atomic E-state index is 12.9. The van der Waals surface area contributed by atoms with Crippen LogP contribution in [0, 0.1) is 19.7 Å². The van der Waals surface area contributed by atoms with E-state index in [0.29, 0.717) is 23.5 Å². The minimum Gasteiger partial charge on any atom is -0.326 e. The number of carbonyl (C=O) groups is 2. The Morgan fingerprint density at radius 3 is 2.57 bits per heavy atom. The third-order valence-electron chi connectivity index (χ3n) is 4.37. The number of benzene rings is 2. The predicted octanol–water partition coefficient (Wildman–Crippen LogP) is 4.72. The highest BCUT2D eigenvalue weighted by atomic mass is 32.1. The Labute approximate surface area is 166 Å². The monoisotopic (exact) mass is 397 g/mol. The Morgan fingerprint density at radius 1 is 1.07 bits per heavy atom. The van der Waals surface area contributed by atoms with Gasteiger partial charge in [-0.05, 0) is 61.7 Å². The van der Waals surface area contributed by atoms with Crippen LogP contribution in [0.1, 0.15) is 33.6 Å². The third-order valence-corrected chi connectivity index (χ3v) is 5.17. The number of rotatable bonds is 6. The second-order valence-corrected chi connectivity index (χ2v) is 7.26. The number of nitrogens with zero attached hydrogens (tertiary/aromatic N) is 1. The number of halogens is 1.